The van der Waals surface area contributed by atoms with E-state index >= 15 is 0 Å². The second-order valence-electron chi connectivity index (χ2n) is 7.24. The predicted octanol–water partition coefficient (Wildman–Crippen LogP) is 4.35. The topological polar surface area (TPSA) is 109 Å². The number of para-hydroxylation sites is 1. The molecule has 4 rings (SSSR count). The van der Waals surface area contributed by atoms with Gasteiger partial charge in [-0.05, 0) is 24.1 Å². The minimum absolute atomic E-state index is 0.0135. The standard InChI is InChI=1S/C21H21N5O3/c1-13(2)18(11-29-15-9-7-14(8-10-15)26(27)28)25-12-23-19-20(25)16-5-3-4-6-17(16)24-21(19)22/h3-10,12-13,18H,11H2,1-2H3,(H2,22,24). The Bertz CT molecular complexity index is 1180. The van der Waals surface area contributed by atoms with Crippen LogP contribution in [0, 0.1) is 16.0 Å². The van der Waals surface area contributed by atoms with Crippen molar-refractivity contribution in [1.29, 1.82) is 0 Å². The number of nitrogen functional groups attached to an aromatic ring is 1. The molecule has 1 atom stereocenters. The SMILES string of the molecule is CC(C)C(COc1ccc([N+](=O)[O-])cc1)n1cnc2c(N)nc3ccccc3c21. The molecule has 0 amide bonds. The molecule has 0 radical (unpaired) electrons. The fourth-order valence-electron chi connectivity index (χ4n) is 3.46. The zero-order valence-electron chi connectivity index (χ0n) is 16.1. The molecule has 0 spiro atoms. The number of nitrogens with two attached hydrogens (primary N) is 1. The van der Waals surface area contributed by atoms with Gasteiger partial charge >= 0.3 is 0 Å². The fraction of sp³-hybridized carbons (Fsp3) is 0.238. The van der Waals surface area contributed by atoms with Gasteiger partial charge < -0.3 is 15.0 Å². The molecule has 0 bridgehead atoms. The number of nitro benzene ring substituents is 1. The number of nitrogens with zero attached hydrogens (tertiary/aromatic N) is 4. The van der Waals surface area contributed by atoms with Crippen molar-refractivity contribution in [2.24, 2.45) is 5.92 Å². The summed E-state index contributed by atoms with van der Waals surface area (Å²) in [5.74, 6) is 1.23. The molecular weight excluding hydrogens is 370 g/mol. The van der Waals surface area contributed by atoms with Gasteiger partial charge in [0.15, 0.2) is 5.82 Å². The molecule has 0 saturated heterocycles. The van der Waals surface area contributed by atoms with Crippen LogP contribution in [0.3, 0.4) is 0 Å². The highest BCUT2D eigenvalue weighted by molar-refractivity contribution is 6.06. The number of imidazole rings is 1. The summed E-state index contributed by atoms with van der Waals surface area (Å²) in [5.41, 5.74) is 8.60. The summed E-state index contributed by atoms with van der Waals surface area (Å²) in [6.07, 6.45) is 1.78. The lowest BCUT2D eigenvalue weighted by molar-refractivity contribution is -0.384. The maximum Gasteiger partial charge on any atom is 0.269 e. The number of anilines is 1. The largest absolute Gasteiger partial charge is 0.491 e. The van der Waals surface area contributed by atoms with Crippen LogP contribution in [-0.2, 0) is 0 Å². The summed E-state index contributed by atoms with van der Waals surface area (Å²) in [5, 5.41) is 11.8. The summed E-state index contributed by atoms with van der Waals surface area (Å²) in [4.78, 5) is 19.3. The van der Waals surface area contributed by atoms with Crippen molar-refractivity contribution < 1.29 is 9.66 Å². The minimum atomic E-state index is -0.429. The zero-order chi connectivity index (χ0) is 20.5. The van der Waals surface area contributed by atoms with E-state index in [0.717, 1.165) is 16.4 Å². The third-order valence-corrected chi connectivity index (χ3v) is 5.03. The van der Waals surface area contributed by atoms with Crippen LogP contribution in [0.25, 0.3) is 21.9 Å². The second kappa shape index (κ2) is 7.38. The lowest BCUT2D eigenvalue weighted by Gasteiger charge is -2.24. The highest BCUT2D eigenvalue weighted by Gasteiger charge is 2.22. The highest BCUT2D eigenvalue weighted by Crippen LogP contribution is 2.31. The number of nitro groups is 1. The summed E-state index contributed by atoms with van der Waals surface area (Å²) in [6.45, 7) is 4.61. The Hall–Kier alpha value is -3.68. The molecule has 8 nitrogen and oxygen atoms in total. The van der Waals surface area contributed by atoms with Gasteiger partial charge in [-0.1, -0.05) is 32.0 Å². The molecule has 1 unspecified atom stereocenters. The molecule has 2 N–H and O–H groups in total. The first-order valence-corrected chi connectivity index (χ1v) is 9.33. The van der Waals surface area contributed by atoms with Gasteiger partial charge in [0.05, 0.1) is 28.3 Å². The molecule has 0 aliphatic heterocycles. The normalized spacial score (nSPS) is 12.5. The van der Waals surface area contributed by atoms with E-state index in [0.29, 0.717) is 23.7 Å². The van der Waals surface area contributed by atoms with Gasteiger partial charge in [-0.15, -0.1) is 0 Å². The molecule has 0 saturated carbocycles. The van der Waals surface area contributed by atoms with E-state index < -0.39 is 4.92 Å². The molecule has 29 heavy (non-hydrogen) atoms. The quantitative estimate of drug-likeness (QED) is 0.386. The number of hydrogen-bond donors (Lipinski definition) is 1. The van der Waals surface area contributed by atoms with E-state index in [1.165, 1.54) is 12.1 Å². The number of rotatable bonds is 6. The first kappa shape index (κ1) is 18.7. The number of non-ortho nitro benzene ring substituents is 1. The average molecular weight is 391 g/mol. The van der Waals surface area contributed by atoms with Gasteiger partial charge in [0, 0.05) is 17.5 Å². The Morgan fingerprint density at radius 2 is 1.90 bits per heavy atom. The van der Waals surface area contributed by atoms with E-state index in [-0.39, 0.29) is 17.6 Å². The number of aromatic nitrogens is 3. The first-order valence-electron chi connectivity index (χ1n) is 9.33. The Labute approximate surface area is 167 Å². The smallest absolute Gasteiger partial charge is 0.269 e. The van der Waals surface area contributed by atoms with Crippen molar-refractivity contribution >= 4 is 33.4 Å². The maximum atomic E-state index is 10.8. The van der Waals surface area contributed by atoms with Gasteiger partial charge in [0.25, 0.3) is 5.69 Å². The van der Waals surface area contributed by atoms with Crippen molar-refractivity contribution in [3.8, 4) is 5.75 Å². The minimum Gasteiger partial charge on any atom is -0.491 e. The van der Waals surface area contributed by atoms with Gasteiger partial charge in [-0.25, -0.2) is 9.97 Å². The second-order valence-corrected chi connectivity index (χ2v) is 7.24. The van der Waals surface area contributed by atoms with Gasteiger partial charge in [0.1, 0.15) is 17.9 Å². The molecule has 0 aliphatic carbocycles. The average Bonchev–Trinajstić information content (AvgIpc) is 3.14. The Kier molecular flexibility index (Phi) is 4.75. The monoisotopic (exact) mass is 391 g/mol. The van der Waals surface area contributed by atoms with Gasteiger partial charge in [-0.3, -0.25) is 10.1 Å². The van der Waals surface area contributed by atoms with Gasteiger partial charge in [-0.2, -0.15) is 0 Å². The Morgan fingerprint density at radius 3 is 2.59 bits per heavy atom. The summed E-state index contributed by atoms with van der Waals surface area (Å²) in [7, 11) is 0. The number of pyridine rings is 1. The van der Waals surface area contributed by atoms with Crippen molar-refractivity contribution in [3.63, 3.8) is 0 Å². The maximum absolute atomic E-state index is 10.8. The van der Waals surface area contributed by atoms with E-state index in [9.17, 15) is 10.1 Å². The lowest BCUT2D eigenvalue weighted by Crippen LogP contribution is -2.22. The predicted molar refractivity (Wildman–Crippen MR) is 112 cm³/mol. The number of fused-ring (bicyclic) bond motifs is 3. The van der Waals surface area contributed by atoms with Crippen LogP contribution in [-0.4, -0.2) is 26.1 Å². The van der Waals surface area contributed by atoms with Crippen LogP contribution in [0.4, 0.5) is 11.5 Å². The molecule has 2 heterocycles. The molecule has 148 valence electrons. The van der Waals surface area contributed by atoms with Crippen LogP contribution in [0.2, 0.25) is 0 Å². The zero-order valence-corrected chi connectivity index (χ0v) is 16.1. The van der Waals surface area contributed by atoms with Gasteiger partial charge in [0.2, 0.25) is 0 Å². The lowest BCUT2D eigenvalue weighted by atomic mass is 10.0. The molecule has 8 heteroatoms. The van der Waals surface area contributed by atoms with Crippen LogP contribution in [0.1, 0.15) is 19.9 Å². The van der Waals surface area contributed by atoms with Crippen molar-refractivity contribution in [2.45, 2.75) is 19.9 Å². The number of benzene rings is 2. The third kappa shape index (κ3) is 3.44. The van der Waals surface area contributed by atoms with Crippen molar-refractivity contribution in [2.75, 3.05) is 12.3 Å². The molecule has 2 aromatic heterocycles. The van der Waals surface area contributed by atoms with E-state index in [1.54, 1.807) is 18.5 Å². The molecule has 0 aliphatic rings. The van der Waals surface area contributed by atoms with Crippen LogP contribution < -0.4 is 10.5 Å². The van der Waals surface area contributed by atoms with E-state index in [1.807, 2.05) is 24.3 Å². The Morgan fingerprint density at radius 1 is 1.17 bits per heavy atom. The Balaban J connectivity index is 1.70. The highest BCUT2D eigenvalue weighted by atomic mass is 16.6. The van der Waals surface area contributed by atoms with E-state index in [4.69, 9.17) is 10.5 Å². The molecule has 0 fully saturated rings. The van der Waals surface area contributed by atoms with Crippen LogP contribution in [0.5, 0.6) is 5.75 Å². The molecular formula is C21H21N5O3. The summed E-state index contributed by atoms with van der Waals surface area (Å²) < 4.78 is 8.05. The first-order chi connectivity index (χ1) is 14.0. The van der Waals surface area contributed by atoms with Crippen LogP contribution >= 0.6 is 0 Å². The van der Waals surface area contributed by atoms with Crippen LogP contribution in [0.15, 0.2) is 54.9 Å². The van der Waals surface area contributed by atoms with Crippen molar-refractivity contribution in [3.05, 3.63) is 65.0 Å². The van der Waals surface area contributed by atoms with E-state index in [2.05, 4.69) is 28.4 Å². The summed E-state index contributed by atoms with van der Waals surface area (Å²) >= 11 is 0. The van der Waals surface area contributed by atoms with Crippen molar-refractivity contribution in [1.82, 2.24) is 14.5 Å². The molecule has 2 aromatic carbocycles. The third-order valence-electron chi connectivity index (χ3n) is 5.03. The fourth-order valence-corrected chi connectivity index (χ4v) is 3.46. The molecule has 4 aromatic rings. The number of hydrogen-bond acceptors (Lipinski definition) is 6. The number of ether oxygens (including phenoxy) is 1. The summed E-state index contributed by atoms with van der Waals surface area (Å²) in [6, 6.07) is 13.9.